The van der Waals surface area contributed by atoms with Crippen LogP contribution in [0, 0.1) is 13.8 Å². The predicted molar refractivity (Wildman–Crippen MR) is 108 cm³/mol. The number of hydrogen-bond donors (Lipinski definition) is 1. The molecule has 1 heterocycles. The van der Waals surface area contributed by atoms with Crippen molar-refractivity contribution in [2.75, 3.05) is 6.61 Å². The molecular formula is C23H26O5. The van der Waals surface area contributed by atoms with Crippen LogP contribution < -0.4 is 4.74 Å². The summed E-state index contributed by atoms with van der Waals surface area (Å²) in [7, 11) is 0. The molecule has 0 saturated heterocycles. The van der Waals surface area contributed by atoms with E-state index in [2.05, 4.69) is 0 Å². The van der Waals surface area contributed by atoms with Crippen LogP contribution >= 0.6 is 0 Å². The van der Waals surface area contributed by atoms with Crippen LogP contribution in [0.4, 0.5) is 0 Å². The molecule has 3 aromatic rings. The molecule has 5 heteroatoms. The Hall–Kier alpha value is -2.95. The van der Waals surface area contributed by atoms with Crippen molar-refractivity contribution >= 4 is 16.9 Å². The monoisotopic (exact) mass is 382 g/mol. The Balaban J connectivity index is 1.97. The minimum atomic E-state index is -0.272. The lowest BCUT2D eigenvalue weighted by molar-refractivity contribution is -0.142. The first-order valence-electron chi connectivity index (χ1n) is 9.48. The third-order valence-corrected chi connectivity index (χ3v) is 4.79. The second-order valence-corrected chi connectivity index (χ2v) is 7.24. The molecule has 0 aliphatic rings. The first kappa shape index (κ1) is 19.8. The van der Waals surface area contributed by atoms with Gasteiger partial charge in [0.05, 0.1) is 19.3 Å². The van der Waals surface area contributed by atoms with Crippen LogP contribution in [-0.4, -0.2) is 17.7 Å². The molecule has 0 unspecified atom stereocenters. The van der Waals surface area contributed by atoms with E-state index in [0.29, 0.717) is 23.7 Å². The lowest BCUT2D eigenvalue weighted by Gasteiger charge is -2.15. The Morgan fingerprint density at radius 2 is 1.96 bits per heavy atom. The van der Waals surface area contributed by atoms with E-state index in [1.807, 2.05) is 39.8 Å². The Morgan fingerprint density at radius 1 is 1.21 bits per heavy atom. The second-order valence-electron chi connectivity index (χ2n) is 7.24. The quantitative estimate of drug-likeness (QED) is 0.548. The van der Waals surface area contributed by atoms with E-state index in [4.69, 9.17) is 13.9 Å². The van der Waals surface area contributed by atoms with E-state index in [1.165, 1.54) is 0 Å². The van der Waals surface area contributed by atoms with E-state index in [-0.39, 0.29) is 24.1 Å². The number of fused-ring (bicyclic) bond motifs is 1. The zero-order valence-corrected chi connectivity index (χ0v) is 17.0. The number of hydrogen-bond acceptors (Lipinski definition) is 5. The molecular weight excluding hydrogens is 356 g/mol. The van der Waals surface area contributed by atoms with Gasteiger partial charge < -0.3 is 19.0 Å². The van der Waals surface area contributed by atoms with Crippen LogP contribution in [0.5, 0.6) is 17.2 Å². The van der Waals surface area contributed by atoms with Gasteiger partial charge in [0, 0.05) is 22.1 Å². The van der Waals surface area contributed by atoms with Crippen molar-refractivity contribution in [3.63, 3.8) is 0 Å². The molecule has 2 aromatic carbocycles. The molecule has 0 aliphatic heterocycles. The van der Waals surface area contributed by atoms with E-state index in [9.17, 15) is 9.90 Å². The van der Waals surface area contributed by atoms with Crippen LogP contribution in [0.3, 0.4) is 0 Å². The normalized spacial score (nSPS) is 11.2. The Bertz CT molecular complexity index is 1010. The highest BCUT2D eigenvalue weighted by atomic mass is 16.5. The number of aryl methyl sites for hydroxylation is 2. The van der Waals surface area contributed by atoms with Gasteiger partial charge in [-0.3, -0.25) is 4.79 Å². The first-order valence-corrected chi connectivity index (χ1v) is 9.48. The number of esters is 1. The van der Waals surface area contributed by atoms with Crippen LogP contribution in [0.25, 0.3) is 11.0 Å². The van der Waals surface area contributed by atoms with E-state index >= 15 is 0 Å². The summed E-state index contributed by atoms with van der Waals surface area (Å²) < 4.78 is 16.9. The number of furan rings is 1. The standard InChI is InChI=1S/C23H26O5/c1-6-26-21(25)10-16-12-27-23-15(5)22(14(4)9-19(16)23)28-17-7-8-20(24)18(11-17)13(2)3/h7-9,11-13,24H,6,10H2,1-5H3. The van der Waals surface area contributed by atoms with Gasteiger partial charge in [0.15, 0.2) is 0 Å². The average molecular weight is 382 g/mol. The van der Waals surface area contributed by atoms with Crippen molar-refractivity contribution in [3.8, 4) is 17.2 Å². The first-order chi connectivity index (χ1) is 13.3. The molecule has 0 radical (unpaired) electrons. The molecule has 0 saturated carbocycles. The molecule has 28 heavy (non-hydrogen) atoms. The van der Waals surface area contributed by atoms with Crippen LogP contribution in [0.2, 0.25) is 0 Å². The van der Waals surface area contributed by atoms with E-state index in [0.717, 1.165) is 27.6 Å². The van der Waals surface area contributed by atoms with E-state index in [1.54, 1.807) is 25.3 Å². The van der Waals surface area contributed by atoms with Gasteiger partial charge in [-0.2, -0.15) is 0 Å². The van der Waals surface area contributed by atoms with Crippen molar-refractivity contribution < 1.29 is 23.8 Å². The fourth-order valence-electron chi connectivity index (χ4n) is 3.37. The summed E-state index contributed by atoms with van der Waals surface area (Å²) in [6.07, 6.45) is 1.78. The molecule has 1 N–H and O–H groups in total. The minimum Gasteiger partial charge on any atom is -0.508 e. The number of carbonyl (C=O) groups is 1. The SMILES string of the molecule is CCOC(=O)Cc1coc2c(C)c(Oc3ccc(O)c(C(C)C)c3)c(C)cc12. The van der Waals surface area contributed by atoms with Crippen molar-refractivity contribution in [1.29, 1.82) is 0 Å². The summed E-state index contributed by atoms with van der Waals surface area (Å²) in [5.74, 6) is 1.55. The van der Waals surface area contributed by atoms with Crippen LogP contribution in [0.1, 0.15) is 48.9 Å². The number of ether oxygens (including phenoxy) is 2. The highest BCUT2D eigenvalue weighted by molar-refractivity contribution is 5.90. The summed E-state index contributed by atoms with van der Waals surface area (Å²) >= 11 is 0. The van der Waals surface area contributed by atoms with Crippen molar-refractivity contribution in [1.82, 2.24) is 0 Å². The van der Waals surface area contributed by atoms with Crippen LogP contribution in [0.15, 0.2) is 34.9 Å². The van der Waals surface area contributed by atoms with Gasteiger partial charge >= 0.3 is 5.97 Å². The molecule has 1 aromatic heterocycles. The fraction of sp³-hybridized carbons (Fsp3) is 0.348. The number of rotatable bonds is 6. The van der Waals surface area contributed by atoms with Gasteiger partial charge in [-0.1, -0.05) is 13.8 Å². The zero-order valence-electron chi connectivity index (χ0n) is 17.0. The number of phenols is 1. The van der Waals surface area contributed by atoms with Crippen molar-refractivity contribution in [2.24, 2.45) is 0 Å². The molecule has 3 rings (SSSR count). The number of phenolic OH excluding ortho intramolecular Hbond substituents is 1. The third kappa shape index (κ3) is 3.84. The summed E-state index contributed by atoms with van der Waals surface area (Å²) in [6.45, 7) is 10.1. The van der Waals surface area contributed by atoms with Gasteiger partial charge in [-0.15, -0.1) is 0 Å². The summed E-state index contributed by atoms with van der Waals surface area (Å²) in [6, 6.07) is 7.23. The molecule has 148 valence electrons. The summed E-state index contributed by atoms with van der Waals surface area (Å²) in [5.41, 5.74) is 4.14. The topological polar surface area (TPSA) is 68.9 Å². The van der Waals surface area contributed by atoms with Gasteiger partial charge in [0.25, 0.3) is 0 Å². The Kier molecular flexibility index (Phi) is 5.63. The molecule has 0 amide bonds. The Morgan fingerprint density at radius 3 is 2.64 bits per heavy atom. The molecule has 0 fully saturated rings. The molecule has 0 spiro atoms. The fourth-order valence-corrected chi connectivity index (χ4v) is 3.37. The molecule has 0 bridgehead atoms. The Labute approximate surface area is 164 Å². The van der Waals surface area contributed by atoms with E-state index < -0.39 is 0 Å². The molecule has 0 aliphatic carbocycles. The summed E-state index contributed by atoms with van der Waals surface area (Å²) in [4.78, 5) is 11.8. The average Bonchev–Trinajstić information content (AvgIpc) is 3.02. The third-order valence-electron chi connectivity index (χ3n) is 4.79. The van der Waals surface area contributed by atoms with Crippen molar-refractivity contribution in [2.45, 2.75) is 47.0 Å². The maximum absolute atomic E-state index is 11.8. The lowest BCUT2D eigenvalue weighted by atomic mass is 10.0. The van der Waals surface area contributed by atoms with Gasteiger partial charge in [0.2, 0.25) is 0 Å². The predicted octanol–water partition coefficient (Wildman–Crippen LogP) is 5.78. The van der Waals surface area contributed by atoms with Gasteiger partial charge in [-0.25, -0.2) is 0 Å². The minimum absolute atomic E-state index is 0.176. The maximum Gasteiger partial charge on any atom is 0.310 e. The number of carbonyl (C=O) groups excluding carboxylic acids is 1. The van der Waals surface area contributed by atoms with Gasteiger partial charge in [-0.05, 0) is 56.5 Å². The smallest absolute Gasteiger partial charge is 0.310 e. The number of aromatic hydroxyl groups is 1. The lowest BCUT2D eigenvalue weighted by Crippen LogP contribution is -2.07. The molecule has 0 atom stereocenters. The van der Waals surface area contributed by atoms with Gasteiger partial charge in [0.1, 0.15) is 22.8 Å². The summed E-state index contributed by atoms with van der Waals surface area (Å²) in [5, 5.41) is 10.9. The highest BCUT2D eigenvalue weighted by Crippen LogP contribution is 2.38. The maximum atomic E-state index is 11.8. The highest BCUT2D eigenvalue weighted by Gasteiger charge is 2.18. The largest absolute Gasteiger partial charge is 0.508 e. The molecule has 5 nitrogen and oxygen atoms in total. The van der Waals surface area contributed by atoms with Crippen molar-refractivity contribution in [3.05, 3.63) is 52.8 Å². The van der Waals surface area contributed by atoms with Crippen LogP contribution in [-0.2, 0) is 16.0 Å². The second kappa shape index (κ2) is 7.97. The zero-order chi connectivity index (χ0) is 20.4. The number of benzene rings is 2.